The van der Waals surface area contributed by atoms with Gasteiger partial charge in [-0.1, -0.05) is 0 Å². The van der Waals surface area contributed by atoms with Crippen molar-refractivity contribution in [1.29, 1.82) is 0 Å². The number of thioether (sulfide) groups is 2. The molecule has 0 amide bonds. The molecule has 5 N–H and O–H groups in total. The molecule has 0 atom stereocenters. The van der Waals surface area contributed by atoms with Gasteiger partial charge in [-0.2, -0.15) is 8.61 Å². The predicted molar refractivity (Wildman–Crippen MR) is 346 cm³/mol. The summed E-state index contributed by atoms with van der Waals surface area (Å²) in [5, 5.41) is 9.94. The smallest absolute Gasteiger partial charge is 0.340 e. The standard InChI is InChI=1S/C23H28N2O8S4.C17H22N2O7S2.C17H20N2O7S2/c1-31-17-5-9-19(10-6-17)36(27,28)24-15-23(34-13-4-14-35-23)16-25(21(24)22(26)33-3)37(29,30)20-11-7-18(32-2)8-12-20;2*1-25-14-3-7-16(8-4-14)27(21,22)18-11-13(20)12-19-28(23,24)17-9-5-15(26-2)6-10-17/h5-12,21H,4,13-16H2,1-3H3;3-10,13,18-20H,11-12H2,1-2H3;3-10,18-19H,11-12H2,1-2H3. The number of aliphatic hydroxyl groups is 1. The molecule has 6 aromatic carbocycles. The molecule has 508 valence electrons. The zero-order valence-corrected chi connectivity index (χ0v) is 57.6. The lowest BCUT2D eigenvalue weighted by atomic mass is 10.3. The van der Waals surface area contributed by atoms with Gasteiger partial charge in [0.25, 0.3) is 0 Å². The number of Topliss-reactive ketones (excluding diaryl/α,β-unsaturated/α-hetero) is 1. The number of rotatable bonds is 27. The fraction of sp³-hybridized carbons (Fsp3) is 0.333. The molecule has 0 unspecified atom stereocenters. The summed E-state index contributed by atoms with van der Waals surface area (Å²) in [5.74, 6) is 2.75. The number of ketones is 1. The predicted octanol–water partition coefficient (Wildman–Crippen LogP) is 3.32. The van der Waals surface area contributed by atoms with Gasteiger partial charge in [-0.15, -0.1) is 23.5 Å². The van der Waals surface area contributed by atoms with Crippen LogP contribution in [0.2, 0.25) is 0 Å². The second-order valence-corrected chi connectivity index (χ2v) is 33.6. The molecule has 2 heterocycles. The van der Waals surface area contributed by atoms with E-state index in [-0.39, 0.29) is 55.6 Å². The Morgan fingerprint density at radius 2 is 0.677 bits per heavy atom. The van der Waals surface area contributed by atoms with Crippen molar-refractivity contribution >= 4 is 95.4 Å². The lowest BCUT2D eigenvalue weighted by Gasteiger charge is -2.50. The van der Waals surface area contributed by atoms with Crippen LogP contribution in [0.4, 0.5) is 0 Å². The Morgan fingerprint density at radius 1 is 0.430 bits per heavy atom. The van der Waals surface area contributed by atoms with Crippen LogP contribution in [0.15, 0.2) is 175 Å². The molecule has 2 saturated heterocycles. The van der Waals surface area contributed by atoms with Crippen LogP contribution in [0.3, 0.4) is 0 Å². The molecule has 0 aliphatic carbocycles. The van der Waals surface area contributed by atoms with Crippen LogP contribution in [-0.2, 0) is 74.5 Å². The molecule has 0 aromatic heterocycles. The molecule has 36 heteroatoms. The number of carbonyl (C=O) groups is 2. The Labute approximate surface area is 550 Å². The van der Waals surface area contributed by atoms with E-state index >= 15 is 0 Å². The van der Waals surface area contributed by atoms with Gasteiger partial charge in [0.05, 0.1) is 102 Å². The Kier molecular flexibility index (Phi) is 26.9. The third kappa shape index (κ3) is 20.2. The maximum absolute atomic E-state index is 14.0. The second kappa shape index (κ2) is 33.2. The first kappa shape index (κ1) is 75.4. The number of benzene rings is 6. The lowest BCUT2D eigenvalue weighted by Crippen LogP contribution is -2.67. The molecular weight excluding hydrogens is 1380 g/mol. The zero-order valence-electron chi connectivity index (χ0n) is 51.1. The highest BCUT2D eigenvalue weighted by Gasteiger charge is 2.56. The molecule has 0 bridgehead atoms. The molecule has 8 rings (SSSR count). The highest BCUT2D eigenvalue weighted by molar-refractivity contribution is 8.19. The number of carbonyl (C=O) groups excluding carboxylic acids is 2. The fourth-order valence-corrected chi connectivity index (χ4v) is 19.5. The van der Waals surface area contributed by atoms with E-state index in [2.05, 4.69) is 18.9 Å². The minimum absolute atomic E-state index is 0.000636. The first-order valence-corrected chi connectivity index (χ1v) is 38.1. The molecule has 93 heavy (non-hydrogen) atoms. The normalized spacial score (nSPS) is 14.9. The van der Waals surface area contributed by atoms with Gasteiger partial charge in [-0.3, -0.25) is 4.79 Å². The summed E-state index contributed by atoms with van der Waals surface area (Å²) in [6.07, 6.45) is -2.08. The third-order valence-corrected chi connectivity index (χ3v) is 26.1. The average molecular weight is 1450 g/mol. The van der Waals surface area contributed by atoms with Crippen LogP contribution in [0.25, 0.3) is 0 Å². The van der Waals surface area contributed by atoms with E-state index in [1.165, 1.54) is 212 Å². The number of nitrogens with zero attached hydrogens (tertiary/aromatic N) is 2. The molecule has 0 radical (unpaired) electrons. The Bertz CT molecular complexity index is 3920. The third-order valence-electron chi connectivity index (χ3n) is 13.5. The number of methoxy groups -OCH3 is 7. The van der Waals surface area contributed by atoms with Crippen LogP contribution >= 0.6 is 23.5 Å². The largest absolute Gasteiger partial charge is 0.497 e. The Morgan fingerprint density at radius 3 is 0.925 bits per heavy atom. The monoisotopic (exact) mass is 1450 g/mol. The van der Waals surface area contributed by atoms with Gasteiger partial charge in [-0.25, -0.2) is 74.2 Å². The van der Waals surface area contributed by atoms with Gasteiger partial charge in [0.15, 0.2) is 11.9 Å². The Hall–Kier alpha value is -6.62. The van der Waals surface area contributed by atoms with Gasteiger partial charge in [0.2, 0.25) is 60.1 Å². The summed E-state index contributed by atoms with van der Waals surface area (Å²) < 4.78 is 198. The number of nitrogens with one attached hydrogen (secondary N) is 4. The van der Waals surface area contributed by atoms with Crippen molar-refractivity contribution in [2.24, 2.45) is 0 Å². The fourth-order valence-electron chi connectivity index (χ4n) is 8.43. The molecule has 1 spiro atoms. The first-order valence-electron chi connectivity index (χ1n) is 27.4. The quantitative estimate of drug-likeness (QED) is 0.0462. The highest BCUT2D eigenvalue weighted by Crippen LogP contribution is 2.48. The van der Waals surface area contributed by atoms with Crippen LogP contribution in [0.1, 0.15) is 6.42 Å². The van der Waals surface area contributed by atoms with Gasteiger partial charge >= 0.3 is 5.97 Å². The van der Waals surface area contributed by atoms with Gasteiger partial charge < -0.3 is 38.3 Å². The van der Waals surface area contributed by atoms with Crippen molar-refractivity contribution in [2.45, 2.75) is 52.1 Å². The highest BCUT2D eigenvalue weighted by atomic mass is 32.2. The van der Waals surface area contributed by atoms with E-state index in [1.807, 2.05) is 0 Å². The second-order valence-electron chi connectivity index (χ2n) is 19.6. The molecule has 0 saturated carbocycles. The van der Waals surface area contributed by atoms with Crippen molar-refractivity contribution in [3.8, 4) is 34.5 Å². The van der Waals surface area contributed by atoms with Crippen molar-refractivity contribution in [1.82, 2.24) is 27.5 Å². The summed E-state index contributed by atoms with van der Waals surface area (Å²) >= 11 is 3.02. The maximum Gasteiger partial charge on any atom is 0.340 e. The summed E-state index contributed by atoms with van der Waals surface area (Å²) in [7, 11) is -14.3. The van der Waals surface area contributed by atoms with Gasteiger partial charge in [0.1, 0.15) is 34.5 Å². The minimum Gasteiger partial charge on any atom is -0.497 e. The van der Waals surface area contributed by atoms with E-state index in [9.17, 15) is 65.2 Å². The molecular formula is C57H70N6O22S8. The van der Waals surface area contributed by atoms with Gasteiger partial charge in [0, 0.05) is 26.2 Å². The van der Waals surface area contributed by atoms with Crippen LogP contribution in [-0.4, -0.2) is 193 Å². The number of esters is 1. The SMILES string of the molecule is COC(=O)C1N(S(=O)(=O)c2ccc(OC)cc2)CC2(CN1S(=O)(=O)c1ccc(OC)cc1)SCCCS2.COc1ccc(S(=O)(=O)NCC(=O)CNS(=O)(=O)c2ccc(OC)cc2)cc1.COc1ccc(S(=O)(=O)NCC(O)CNS(=O)(=O)c2ccc(OC)cc2)cc1. The van der Waals surface area contributed by atoms with E-state index in [4.69, 9.17) is 33.2 Å². The number of sulfonamides is 6. The number of aliphatic hydroxyl groups excluding tert-OH is 1. The molecule has 28 nitrogen and oxygen atoms in total. The minimum atomic E-state index is -4.33. The van der Waals surface area contributed by atoms with E-state index in [0.29, 0.717) is 34.5 Å². The molecule has 2 aliphatic rings. The van der Waals surface area contributed by atoms with E-state index < -0.39 is 101 Å². The summed E-state index contributed by atoms with van der Waals surface area (Å²) in [5.41, 5.74) is 0. The zero-order chi connectivity index (χ0) is 68.4. The summed E-state index contributed by atoms with van der Waals surface area (Å²) in [4.78, 5) is 24.8. The topological polar surface area (TPSA) is 378 Å². The van der Waals surface area contributed by atoms with Crippen molar-refractivity contribution < 1.29 is 98.4 Å². The first-order chi connectivity index (χ1) is 43.9. The molecule has 2 aliphatic heterocycles. The summed E-state index contributed by atoms with van der Waals surface area (Å²) in [6.45, 7) is -1.96. The van der Waals surface area contributed by atoms with Crippen molar-refractivity contribution in [3.05, 3.63) is 146 Å². The Balaban J connectivity index is 0.000000225. The van der Waals surface area contributed by atoms with E-state index in [0.717, 1.165) is 33.6 Å². The van der Waals surface area contributed by atoms with Crippen LogP contribution < -0.4 is 47.3 Å². The summed E-state index contributed by atoms with van der Waals surface area (Å²) in [6, 6.07) is 34.1. The van der Waals surface area contributed by atoms with Crippen molar-refractivity contribution in [2.75, 3.05) is 101 Å². The van der Waals surface area contributed by atoms with Gasteiger partial charge in [-0.05, 0) is 164 Å². The van der Waals surface area contributed by atoms with Crippen LogP contribution in [0.5, 0.6) is 34.5 Å². The maximum atomic E-state index is 14.0. The van der Waals surface area contributed by atoms with Crippen LogP contribution in [0, 0.1) is 0 Å². The number of hydrogen-bond donors (Lipinski definition) is 5. The molecule has 6 aromatic rings. The molecule has 2 fully saturated rings. The number of hydrogen-bond acceptors (Lipinski definition) is 24. The average Bonchev–Trinajstić information content (AvgIpc) is 0.728. The lowest BCUT2D eigenvalue weighted by molar-refractivity contribution is -0.150. The number of ether oxygens (including phenoxy) is 7. The van der Waals surface area contributed by atoms with Crippen molar-refractivity contribution in [3.63, 3.8) is 0 Å². The van der Waals surface area contributed by atoms with E-state index in [1.54, 1.807) is 0 Å².